The molecule has 4 nitrogen and oxygen atoms in total. The van der Waals surface area contributed by atoms with Gasteiger partial charge in [-0.15, -0.1) is 0 Å². The van der Waals surface area contributed by atoms with Crippen LogP contribution in [0.4, 0.5) is 0 Å². The summed E-state index contributed by atoms with van der Waals surface area (Å²) in [5, 5.41) is 6.97. The Hall–Kier alpha value is -1.14. The lowest BCUT2D eigenvalue weighted by Crippen LogP contribution is -2.06. The van der Waals surface area contributed by atoms with E-state index in [0.29, 0.717) is 17.3 Å². The molecule has 0 atom stereocenters. The van der Waals surface area contributed by atoms with Gasteiger partial charge in [0.25, 0.3) is 0 Å². The summed E-state index contributed by atoms with van der Waals surface area (Å²) in [5.41, 5.74) is 1.28. The van der Waals surface area contributed by atoms with Crippen LogP contribution < -0.4 is 4.74 Å². The summed E-state index contributed by atoms with van der Waals surface area (Å²) in [7, 11) is 0. The number of hydrogen-bond acceptors (Lipinski definition) is 3. The minimum absolute atomic E-state index is 0.389. The molecule has 0 aliphatic carbocycles. The van der Waals surface area contributed by atoms with Crippen LogP contribution >= 0.6 is 28.1 Å². The summed E-state index contributed by atoms with van der Waals surface area (Å²) in [4.78, 5) is 0. The van der Waals surface area contributed by atoms with Crippen molar-refractivity contribution in [1.82, 2.24) is 14.8 Å². The van der Waals surface area contributed by atoms with Crippen LogP contribution in [0.3, 0.4) is 0 Å². The highest BCUT2D eigenvalue weighted by atomic mass is 79.9. The van der Waals surface area contributed by atoms with Crippen LogP contribution in [0.25, 0.3) is 0 Å². The first-order chi connectivity index (χ1) is 9.52. The van der Waals surface area contributed by atoms with Gasteiger partial charge in [0.2, 0.25) is 0 Å². The van der Waals surface area contributed by atoms with Crippen molar-refractivity contribution in [3.63, 3.8) is 0 Å². The Balaban J connectivity index is 2.13. The average molecular weight is 356 g/mol. The van der Waals surface area contributed by atoms with Crippen LogP contribution in [0.2, 0.25) is 0 Å². The Morgan fingerprint density at radius 3 is 2.80 bits per heavy atom. The van der Waals surface area contributed by atoms with E-state index in [2.05, 4.69) is 52.1 Å². The first kappa shape index (κ1) is 15.3. The molecule has 1 aromatic heterocycles. The van der Waals surface area contributed by atoms with Crippen molar-refractivity contribution >= 4 is 28.1 Å². The number of ether oxygens (including phenoxy) is 1. The number of rotatable bonds is 5. The van der Waals surface area contributed by atoms with Gasteiger partial charge in [-0.25, -0.2) is 0 Å². The molecular formula is C14H18BrN3OS. The SMILES string of the molecule is CCn1c(COc2ccc(C(C)C)cc2Br)n[nH]c1=S. The first-order valence-electron chi connectivity index (χ1n) is 6.59. The van der Waals surface area contributed by atoms with Crippen molar-refractivity contribution in [2.24, 2.45) is 0 Å². The summed E-state index contributed by atoms with van der Waals surface area (Å²) in [6, 6.07) is 6.16. The van der Waals surface area contributed by atoms with Gasteiger partial charge in [0, 0.05) is 6.54 Å². The molecule has 0 fully saturated rings. The molecule has 0 radical (unpaired) electrons. The van der Waals surface area contributed by atoms with Crippen LogP contribution in [0.5, 0.6) is 5.75 Å². The molecule has 0 bridgehead atoms. The molecule has 2 aromatic rings. The second kappa shape index (κ2) is 6.54. The number of benzene rings is 1. The standard InChI is InChI=1S/C14H18BrN3OS/c1-4-18-13(16-17-14(18)20)8-19-12-6-5-10(9(2)3)7-11(12)15/h5-7,9H,4,8H2,1-3H3,(H,17,20). The third-order valence-corrected chi connectivity index (χ3v) is 4.06. The lowest BCUT2D eigenvalue weighted by Gasteiger charge is -2.11. The van der Waals surface area contributed by atoms with Crippen molar-refractivity contribution in [1.29, 1.82) is 0 Å². The maximum absolute atomic E-state index is 5.82. The summed E-state index contributed by atoms with van der Waals surface area (Å²) < 4.78 is 9.32. The fourth-order valence-corrected chi connectivity index (χ4v) is 2.71. The minimum atomic E-state index is 0.389. The molecule has 1 N–H and O–H groups in total. The van der Waals surface area contributed by atoms with E-state index in [0.717, 1.165) is 22.6 Å². The fraction of sp³-hybridized carbons (Fsp3) is 0.429. The Morgan fingerprint density at radius 1 is 1.45 bits per heavy atom. The van der Waals surface area contributed by atoms with Gasteiger partial charge in [0.05, 0.1) is 4.47 Å². The van der Waals surface area contributed by atoms with E-state index >= 15 is 0 Å². The van der Waals surface area contributed by atoms with Crippen molar-refractivity contribution in [3.05, 3.63) is 38.8 Å². The van der Waals surface area contributed by atoms with E-state index in [1.165, 1.54) is 5.56 Å². The van der Waals surface area contributed by atoms with Gasteiger partial charge in [-0.3, -0.25) is 5.10 Å². The Morgan fingerprint density at radius 2 is 2.20 bits per heavy atom. The highest BCUT2D eigenvalue weighted by Crippen LogP contribution is 2.29. The molecule has 1 heterocycles. The van der Waals surface area contributed by atoms with Gasteiger partial charge in [-0.05, 0) is 58.7 Å². The van der Waals surface area contributed by atoms with Crippen molar-refractivity contribution in [2.45, 2.75) is 39.8 Å². The number of hydrogen-bond donors (Lipinski definition) is 1. The molecule has 0 saturated heterocycles. The fourth-order valence-electron chi connectivity index (χ4n) is 1.92. The van der Waals surface area contributed by atoms with Crippen LogP contribution in [-0.4, -0.2) is 14.8 Å². The van der Waals surface area contributed by atoms with Gasteiger partial charge < -0.3 is 9.30 Å². The molecule has 0 aliphatic rings. The number of nitrogens with one attached hydrogen (secondary N) is 1. The van der Waals surface area contributed by atoms with Gasteiger partial charge in [-0.2, -0.15) is 5.10 Å². The molecule has 20 heavy (non-hydrogen) atoms. The summed E-state index contributed by atoms with van der Waals surface area (Å²) in [5.74, 6) is 2.11. The lowest BCUT2D eigenvalue weighted by molar-refractivity contribution is 0.287. The number of nitrogens with zero attached hydrogens (tertiary/aromatic N) is 2. The largest absolute Gasteiger partial charge is 0.484 e. The van der Waals surface area contributed by atoms with Crippen molar-refractivity contribution in [2.75, 3.05) is 0 Å². The van der Waals surface area contributed by atoms with Crippen molar-refractivity contribution < 1.29 is 4.74 Å². The van der Waals surface area contributed by atoms with Crippen LogP contribution in [0.1, 0.15) is 38.1 Å². The van der Waals surface area contributed by atoms with E-state index in [4.69, 9.17) is 17.0 Å². The van der Waals surface area contributed by atoms with E-state index in [9.17, 15) is 0 Å². The van der Waals surface area contributed by atoms with Gasteiger partial charge in [-0.1, -0.05) is 19.9 Å². The highest BCUT2D eigenvalue weighted by molar-refractivity contribution is 9.10. The molecule has 0 saturated carbocycles. The number of aromatic nitrogens is 3. The maximum atomic E-state index is 5.82. The van der Waals surface area contributed by atoms with E-state index in [1.54, 1.807) is 0 Å². The normalized spacial score (nSPS) is 11.1. The molecule has 6 heteroatoms. The minimum Gasteiger partial charge on any atom is -0.484 e. The topological polar surface area (TPSA) is 42.8 Å². The molecule has 0 unspecified atom stereocenters. The van der Waals surface area contributed by atoms with Gasteiger partial charge in [0.15, 0.2) is 10.6 Å². The van der Waals surface area contributed by atoms with E-state index < -0.39 is 0 Å². The molecule has 108 valence electrons. The van der Waals surface area contributed by atoms with E-state index in [1.807, 2.05) is 17.6 Å². The number of halogens is 1. The summed E-state index contributed by atoms with van der Waals surface area (Å²) in [6.07, 6.45) is 0. The zero-order chi connectivity index (χ0) is 14.7. The van der Waals surface area contributed by atoms with Crippen LogP contribution in [0, 0.1) is 4.77 Å². The zero-order valence-corrected chi connectivity index (χ0v) is 14.2. The monoisotopic (exact) mass is 355 g/mol. The predicted molar refractivity (Wildman–Crippen MR) is 85.6 cm³/mol. The molecular weight excluding hydrogens is 338 g/mol. The highest BCUT2D eigenvalue weighted by Gasteiger charge is 2.08. The summed E-state index contributed by atoms with van der Waals surface area (Å²) in [6.45, 7) is 7.53. The lowest BCUT2D eigenvalue weighted by atomic mass is 10.0. The molecule has 0 aliphatic heterocycles. The number of H-pyrrole nitrogens is 1. The molecule has 2 rings (SSSR count). The number of aromatic amines is 1. The smallest absolute Gasteiger partial charge is 0.195 e. The molecule has 0 spiro atoms. The Kier molecular flexibility index (Phi) is 4.99. The van der Waals surface area contributed by atoms with Gasteiger partial charge >= 0.3 is 0 Å². The molecule has 1 aromatic carbocycles. The van der Waals surface area contributed by atoms with Gasteiger partial charge in [0.1, 0.15) is 12.4 Å². The third kappa shape index (κ3) is 3.30. The van der Waals surface area contributed by atoms with Crippen molar-refractivity contribution in [3.8, 4) is 5.75 Å². The molecule has 0 amide bonds. The van der Waals surface area contributed by atoms with E-state index in [-0.39, 0.29) is 0 Å². The Labute approximate surface area is 132 Å². The third-order valence-electron chi connectivity index (χ3n) is 3.13. The predicted octanol–water partition coefficient (Wildman–Crippen LogP) is 4.43. The first-order valence-corrected chi connectivity index (χ1v) is 7.79. The summed E-state index contributed by atoms with van der Waals surface area (Å²) >= 11 is 8.70. The van der Waals surface area contributed by atoms with Crippen LogP contribution in [0.15, 0.2) is 22.7 Å². The quantitative estimate of drug-likeness (QED) is 0.806. The average Bonchev–Trinajstić information content (AvgIpc) is 2.77. The maximum Gasteiger partial charge on any atom is 0.195 e. The second-order valence-corrected chi connectivity index (χ2v) is 6.06. The second-order valence-electron chi connectivity index (χ2n) is 4.82. The van der Waals surface area contributed by atoms with Crippen LogP contribution in [-0.2, 0) is 13.2 Å². The zero-order valence-electron chi connectivity index (χ0n) is 11.8. The Bertz CT molecular complexity index is 648.